The van der Waals surface area contributed by atoms with Crippen molar-refractivity contribution < 1.29 is 4.79 Å². The average Bonchev–Trinajstić information content (AvgIpc) is 2.81. The summed E-state index contributed by atoms with van der Waals surface area (Å²) in [6, 6.07) is 9.78. The Balaban J connectivity index is 2.10. The number of nitriles is 1. The number of fused-ring (bicyclic) bond motifs is 1. The van der Waals surface area contributed by atoms with E-state index in [1.54, 1.807) is 7.05 Å². The lowest BCUT2D eigenvalue weighted by molar-refractivity contribution is -0.120. The van der Waals surface area contributed by atoms with E-state index in [2.05, 4.69) is 16.0 Å². The molecule has 1 amide bonds. The molecule has 2 aromatic rings. The zero-order valence-corrected chi connectivity index (χ0v) is 10.3. The van der Waals surface area contributed by atoms with Crippen molar-refractivity contribution in [3.05, 3.63) is 36.0 Å². The summed E-state index contributed by atoms with van der Waals surface area (Å²) in [6.07, 6.45) is 3.34. The number of hydrogen-bond donors (Lipinski definition) is 1. The first-order valence-electron chi connectivity index (χ1n) is 5.94. The Bertz CT molecular complexity index is 607. The Hall–Kier alpha value is -2.28. The molecule has 1 aromatic carbocycles. The lowest BCUT2D eigenvalue weighted by Gasteiger charge is -2.05. The normalized spacial score (nSPS) is 10.2. The highest BCUT2D eigenvalue weighted by molar-refractivity contribution is 5.81. The van der Waals surface area contributed by atoms with Gasteiger partial charge in [0.2, 0.25) is 5.91 Å². The van der Waals surface area contributed by atoms with Crippen molar-refractivity contribution in [1.82, 2.24) is 9.88 Å². The van der Waals surface area contributed by atoms with Gasteiger partial charge in [0.15, 0.2) is 0 Å². The molecule has 0 spiro atoms. The fraction of sp³-hybridized carbons (Fsp3) is 0.286. The maximum atomic E-state index is 11.1. The second-order valence-corrected chi connectivity index (χ2v) is 4.17. The van der Waals surface area contributed by atoms with Crippen molar-refractivity contribution in [3.63, 3.8) is 0 Å². The SMILES string of the molecule is CNC(=O)CCCn1ccc2cc(C#N)ccc21. The third-order valence-electron chi connectivity index (χ3n) is 2.98. The Kier molecular flexibility index (Phi) is 3.63. The van der Waals surface area contributed by atoms with E-state index >= 15 is 0 Å². The molecule has 0 saturated carbocycles. The van der Waals surface area contributed by atoms with Crippen LogP contribution in [0.1, 0.15) is 18.4 Å². The monoisotopic (exact) mass is 241 g/mol. The third-order valence-corrected chi connectivity index (χ3v) is 2.98. The lowest BCUT2D eigenvalue weighted by atomic mass is 10.2. The maximum absolute atomic E-state index is 11.1. The van der Waals surface area contributed by atoms with Crippen LogP contribution >= 0.6 is 0 Å². The van der Waals surface area contributed by atoms with Gasteiger partial charge in [-0.05, 0) is 30.7 Å². The number of aryl methyl sites for hydroxylation is 1. The number of aromatic nitrogens is 1. The van der Waals surface area contributed by atoms with Crippen molar-refractivity contribution in [2.75, 3.05) is 7.05 Å². The Morgan fingerprint density at radius 1 is 1.44 bits per heavy atom. The molecule has 0 aliphatic heterocycles. The fourth-order valence-electron chi connectivity index (χ4n) is 2.00. The Morgan fingerprint density at radius 2 is 2.28 bits per heavy atom. The highest BCUT2D eigenvalue weighted by atomic mass is 16.1. The van der Waals surface area contributed by atoms with Gasteiger partial charge in [0.1, 0.15) is 0 Å². The molecule has 2 rings (SSSR count). The van der Waals surface area contributed by atoms with Gasteiger partial charge in [-0.3, -0.25) is 4.79 Å². The van der Waals surface area contributed by atoms with Crippen LogP contribution in [0.4, 0.5) is 0 Å². The number of carbonyl (C=O) groups is 1. The molecule has 1 N–H and O–H groups in total. The standard InChI is InChI=1S/C14H15N3O/c1-16-14(18)3-2-7-17-8-6-12-9-11(10-15)4-5-13(12)17/h4-6,8-9H,2-3,7H2,1H3,(H,16,18). The summed E-state index contributed by atoms with van der Waals surface area (Å²) in [5, 5.41) is 12.5. The van der Waals surface area contributed by atoms with Crippen LogP contribution in [0.15, 0.2) is 30.5 Å². The van der Waals surface area contributed by atoms with E-state index in [1.807, 2.05) is 30.5 Å². The van der Waals surface area contributed by atoms with Gasteiger partial charge in [0, 0.05) is 37.1 Å². The first kappa shape index (κ1) is 12.2. The molecule has 1 aromatic heterocycles. The molecule has 0 bridgehead atoms. The molecule has 0 aliphatic rings. The quantitative estimate of drug-likeness (QED) is 0.890. The van der Waals surface area contributed by atoms with Gasteiger partial charge in [0.05, 0.1) is 11.6 Å². The molecule has 1 heterocycles. The predicted octanol–water partition coefficient (Wildman–Crippen LogP) is 2.04. The van der Waals surface area contributed by atoms with Crippen molar-refractivity contribution in [2.24, 2.45) is 0 Å². The molecular weight excluding hydrogens is 226 g/mol. The molecule has 92 valence electrons. The summed E-state index contributed by atoms with van der Waals surface area (Å²) < 4.78 is 2.11. The molecule has 18 heavy (non-hydrogen) atoms. The zero-order valence-electron chi connectivity index (χ0n) is 10.3. The highest BCUT2D eigenvalue weighted by Crippen LogP contribution is 2.18. The third kappa shape index (κ3) is 2.51. The highest BCUT2D eigenvalue weighted by Gasteiger charge is 2.03. The zero-order chi connectivity index (χ0) is 13.0. The maximum Gasteiger partial charge on any atom is 0.219 e. The minimum atomic E-state index is 0.0678. The molecule has 4 heteroatoms. The Labute approximate surface area is 106 Å². The van der Waals surface area contributed by atoms with Crippen LogP contribution < -0.4 is 5.32 Å². The van der Waals surface area contributed by atoms with Crippen LogP contribution in [0.2, 0.25) is 0 Å². The van der Waals surface area contributed by atoms with E-state index in [0.29, 0.717) is 12.0 Å². The summed E-state index contributed by atoms with van der Waals surface area (Å²) in [7, 11) is 1.65. The number of amides is 1. The first-order valence-corrected chi connectivity index (χ1v) is 5.94. The molecule has 4 nitrogen and oxygen atoms in total. The second kappa shape index (κ2) is 5.37. The van der Waals surface area contributed by atoms with E-state index < -0.39 is 0 Å². The minimum Gasteiger partial charge on any atom is -0.359 e. The molecule has 0 unspecified atom stereocenters. The summed E-state index contributed by atoms with van der Waals surface area (Å²) in [6.45, 7) is 0.808. The summed E-state index contributed by atoms with van der Waals surface area (Å²) in [4.78, 5) is 11.1. The predicted molar refractivity (Wildman–Crippen MR) is 70.0 cm³/mol. The average molecular weight is 241 g/mol. The van der Waals surface area contributed by atoms with Crippen LogP contribution in [0.25, 0.3) is 10.9 Å². The van der Waals surface area contributed by atoms with Gasteiger partial charge in [0.25, 0.3) is 0 Å². The van der Waals surface area contributed by atoms with Crippen molar-refractivity contribution >= 4 is 16.8 Å². The van der Waals surface area contributed by atoms with E-state index in [9.17, 15) is 4.79 Å². The van der Waals surface area contributed by atoms with Gasteiger partial charge < -0.3 is 9.88 Å². The minimum absolute atomic E-state index is 0.0678. The molecule has 0 atom stereocenters. The van der Waals surface area contributed by atoms with Crippen LogP contribution in [0.3, 0.4) is 0 Å². The van der Waals surface area contributed by atoms with E-state index in [1.165, 1.54) is 0 Å². The van der Waals surface area contributed by atoms with Crippen LogP contribution in [-0.2, 0) is 11.3 Å². The second-order valence-electron chi connectivity index (χ2n) is 4.17. The van der Waals surface area contributed by atoms with Gasteiger partial charge in [-0.15, -0.1) is 0 Å². The molecule has 0 fully saturated rings. The van der Waals surface area contributed by atoms with Crippen LogP contribution in [-0.4, -0.2) is 17.5 Å². The molecular formula is C14H15N3O. The lowest BCUT2D eigenvalue weighted by Crippen LogP contribution is -2.17. The van der Waals surface area contributed by atoms with Gasteiger partial charge >= 0.3 is 0 Å². The smallest absolute Gasteiger partial charge is 0.219 e. The summed E-state index contributed by atoms with van der Waals surface area (Å²) in [5.74, 6) is 0.0678. The topological polar surface area (TPSA) is 57.8 Å². The van der Waals surface area contributed by atoms with Crippen molar-refractivity contribution in [3.8, 4) is 6.07 Å². The van der Waals surface area contributed by atoms with Crippen molar-refractivity contribution in [2.45, 2.75) is 19.4 Å². The first-order chi connectivity index (χ1) is 8.74. The fourth-order valence-corrected chi connectivity index (χ4v) is 2.00. The van der Waals surface area contributed by atoms with Gasteiger partial charge in [-0.25, -0.2) is 0 Å². The van der Waals surface area contributed by atoms with E-state index in [4.69, 9.17) is 5.26 Å². The largest absolute Gasteiger partial charge is 0.359 e. The number of benzene rings is 1. The molecule has 0 saturated heterocycles. The van der Waals surface area contributed by atoms with Crippen LogP contribution in [0.5, 0.6) is 0 Å². The number of hydrogen-bond acceptors (Lipinski definition) is 2. The van der Waals surface area contributed by atoms with E-state index in [-0.39, 0.29) is 5.91 Å². The Morgan fingerprint density at radius 3 is 3.00 bits per heavy atom. The van der Waals surface area contributed by atoms with Gasteiger partial charge in [-0.1, -0.05) is 0 Å². The van der Waals surface area contributed by atoms with Crippen molar-refractivity contribution in [1.29, 1.82) is 5.26 Å². The van der Waals surface area contributed by atoms with Gasteiger partial charge in [-0.2, -0.15) is 5.26 Å². The van der Waals surface area contributed by atoms with Crippen LogP contribution in [0, 0.1) is 11.3 Å². The number of nitrogens with one attached hydrogen (secondary N) is 1. The summed E-state index contributed by atoms with van der Waals surface area (Å²) >= 11 is 0. The van der Waals surface area contributed by atoms with E-state index in [0.717, 1.165) is 23.9 Å². The number of carbonyl (C=O) groups excluding carboxylic acids is 1. The number of rotatable bonds is 4. The molecule has 0 aliphatic carbocycles. The summed E-state index contributed by atoms with van der Waals surface area (Å²) in [5.41, 5.74) is 1.77. The number of nitrogens with zero attached hydrogens (tertiary/aromatic N) is 2. The molecule has 0 radical (unpaired) electrons.